The van der Waals surface area contributed by atoms with E-state index in [9.17, 15) is 4.79 Å². The molecule has 1 aliphatic carbocycles. The van der Waals surface area contributed by atoms with Gasteiger partial charge in [0.05, 0.1) is 5.56 Å². The fourth-order valence-corrected chi connectivity index (χ4v) is 2.78. The first-order valence-electron chi connectivity index (χ1n) is 6.40. The highest BCUT2D eigenvalue weighted by atomic mass is 32.2. The van der Waals surface area contributed by atoms with Gasteiger partial charge in [0.15, 0.2) is 0 Å². The molecule has 0 bridgehead atoms. The fourth-order valence-electron chi connectivity index (χ4n) is 2.19. The molecule has 2 nitrogen and oxygen atoms in total. The van der Waals surface area contributed by atoms with E-state index in [2.05, 4.69) is 11.4 Å². The van der Waals surface area contributed by atoms with Crippen LogP contribution in [0, 0.1) is 0 Å². The Morgan fingerprint density at radius 1 is 1.33 bits per heavy atom. The van der Waals surface area contributed by atoms with Crippen LogP contribution in [-0.4, -0.2) is 18.7 Å². The number of benzene rings is 1. The quantitative estimate of drug-likeness (QED) is 0.662. The lowest BCUT2D eigenvalue weighted by molar-refractivity contribution is 0.0953. The smallest absolute Gasteiger partial charge is 0.252 e. The molecule has 1 aromatic carbocycles. The van der Waals surface area contributed by atoms with Crippen LogP contribution >= 0.6 is 11.8 Å². The van der Waals surface area contributed by atoms with Crippen LogP contribution in [-0.2, 0) is 0 Å². The maximum absolute atomic E-state index is 12.1. The van der Waals surface area contributed by atoms with E-state index in [1.807, 2.05) is 30.5 Å². The van der Waals surface area contributed by atoms with Crippen LogP contribution < -0.4 is 5.32 Å². The van der Waals surface area contributed by atoms with Gasteiger partial charge >= 0.3 is 0 Å². The van der Waals surface area contributed by atoms with Gasteiger partial charge < -0.3 is 5.32 Å². The molecule has 1 amide bonds. The number of allylic oxidation sites excluding steroid dienone is 1. The molecule has 0 saturated heterocycles. The molecule has 18 heavy (non-hydrogen) atoms. The van der Waals surface area contributed by atoms with Gasteiger partial charge in [-0.05, 0) is 44.1 Å². The summed E-state index contributed by atoms with van der Waals surface area (Å²) in [5, 5.41) is 3.02. The zero-order chi connectivity index (χ0) is 12.8. The Morgan fingerprint density at radius 2 is 2.17 bits per heavy atom. The minimum atomic E-state index is 0.0337. The van der Waals surface area contributed by atoms with Crippen LogP contribution in [0.1, 0.15) is 36.0 Å². The van der Waals surface area contributed by atoms with Gasteiger partial charge in [0.25, 0.3) is 5.91 Å². The summed E-state index contributed by atoms with van der Waals surface area (Å²) in [5.41, 5.74) is 2.15. The number of rotatable bonds is 4. The highest BCUT2D eigenvalue weighted by molar-refractivity contribution is 7.98. The molecule has 0 atom stereocenters. The SMILES string of the molecule is CSc1ccccc1C(=O)NCC1=CCCCC1. The van der Waals surface area contributed by atoms with Crippen molar-refractivity contribution in [2.75, 3.05) is 12.8 Å². The van der Waals surface area contributed by atoms with Crippen molar-refractivity contribution in [3.63, 3.8) is 0 Å². The van der Waals surface area contributed by atoms with Crippen molar-refractivity contribution in [2.24, 2.45) is 0 Å². The summed E-state index contributed by atoms with van der Waals surface area (Å²) in [5.74, 6) is 0.0337. The summed E-state index contributed by atoms with van der Waals surface area (Å²) in [6, 6.07) is 7.75. The van der Waals surface area contributed by atoms with Crippen LogP contribution in [0.2, 0.25) is 0 Å². The molecule has 0 aliphatic heterocycles. The third-order valence-corrected chi connectivity index (χ3v) is 4.01. The first-order chi connectivity index (χ1) is 8.81. The average molecular weight is 261 g/mol. The number of thioether (sulfide) groups is 1. The van der Waals surface area contributed by atoms with Crippen LogP contribution in [0.5, 0.6) is 0 Å². The summed E-state index contributed by atoms with van der Waals surface area (Å²) in [4.78, 5) is 13.2. The van der Waals surface area contributed by atoms with Crippen molar-refractivity contribution < 1.29 is 4.79 Å². The topological polar surface area (TPSA) is 29.1 Å². The number of carbonyl (C=O) groups is 1. The van der Waals surface area contributed by atoms with Gasteiger partial charge in [0.1, 0.15) is 0 Å². The lowest BCUT2D eigenvalue weighted by Gasteiger charge is -2.14. The van der Waals surface area contributed by atoms with Crippen molar-refractivity contribution in [1.82, 2.24) is 5.32 Å². The summed E-state index contributed by atoms with van der Waals surface area (Å²) in [6.45, 7) is 0.696. The van der Waals surface area contributed by atoms with Gasteiger partial charge in [-0.3, -0.25) is 4.79 Å². The molecule has 0 unspecified atom stereocenters. The molecule has 0 saturated carbocycles. The summed E-state index contributed by atoms with van der Waals surface area (Å²) in [7, 11) is 0. The van der Waals surface area contributed by atoms with Gasteiger partial charge in [-0.1, -0.05) is 23.8 Å². The third-order valence-electron chi connectivity index (χ3n) is 3.21. The van der Waals surface area contributed by atoms with Crippen molar-refractivity contribution in [2.45, 2.75) is 30.6 Å². The van der Waals surface area contributed by atoms with E-state index in [0.29, 0.717) is 6.54 Å². The van der Waals surface area contributed by atoms with Gasteiger partial charge in [-0.2, -0.15) is 0 Å². The minimum Gasteiger partial charge on any atom is -0.348 e. The molecule has 0 spiro atoms. The second kappa shape index (κ2) is 6.64. The van der Waals surface area contributed by atoms with Crippen LogP contribution in [0.3, 0.4) is 0 Å². The predicted octanol–water partition coefficient (Wildman–Crippen LogP) is 3.64. The number of hydrogen-bond acceptors (Lipinski definition) is 2. The van der Waals surface area contributed by atoms with E-state index in [-0.39, 0.29) is 5.91 Å². The lowest BCUT2D eigenvalue weighted by atomic mass is 9.99. The first kappa shape index (κ1) is 13.2. The normalized spacial score (nSPS) is 15.1. The van der Waals surface area contributed by atoms with Crippen molar-refractivity contribution >= 4 is 17.7 Å². The second-order valence-corrected chi connectivity index (χ2v) is 5.34. The van der Waals surface area contributed by atoms with E-state index < -0.39 is 0 Å². The van der Waals surface area contributed by atoms with Crippen molar-refractivity contribution in [3.05, 3.63) is 41.5 Å². The number of hydrogen-bond donors (Lipinski definition) is 1. The molecule has 0 fully saturated rings. The minimum absolute atomic E-state index is 0.0337. The molecule has 2 rings (SSSR count). The number of amides is 1. The van der Waals surface area contributed by atoms with Crippen LogP contribution in [0.15, 0.2) is 40.8 Å². The average Bonchev–Trinajstić information content (AvgIpc) is 2.45. The van der Waals surface area contributed by atoms with Gasteiger partial charge in [0, 0.05) is 11.4 Å². The predicted molar refractivity (Wildman–Crippen MR) is 77.1 cm³/mol. The fraction of sp³-hybridized carbons (Fsp3) is 0.400. The molecule has 1 aromatic rings. The number of carbonyl (C=O) groups excluding carboxylic acids is 1. The van der Waals surface area contributed by atoms with Crippen molar-refractivity contribution in [3.8, 4) is 0 Å². The van der Waals surface area contributed by atoms with Crippen LogP contribution in [0.25, 0.3) is 0 Å². The Kier molecular flexibility index (Phi) is 4.88. The lowest BCUT2D eigenvalue weighted by Crippen LogP contribution is -2.26. The third kappa shape index (κ3) is 3.39. The van der Waals surface area contributed by atoms with E-state index in [0.717, 1.165) is 23.3 Å². The van der Waals surface area contributed by atoms with Crippen LogP contribution in [0.4, 0.5) is 0 Å². The Labute approximate surface area is 113 Å². The molecular weight excluding hydrogens is 242 g/mol. The second-order valence-electron chi connectivity index (χ2n) is 4.49. The zero-order valence-electron chi connectivity index (χ0n) is 10.7. The Hall–Kier alpha value is -1.22. The zero-order valence-corrected chi connectivity index (χ0v) is 11.6. The largest absolute Gasteiger partial charge is 0.348 e. The van der Waals surface area contributed by atoms with E-state index >= 15 is 0 Å². The maximum atomic E-state index is 12.1. The highest BCUT2D eigenvalue weighted by Gasteiger charge is 2.11. The van der Waals surface area contributed by atoms with Gasteiger partial charge in [-0.15, -0.1) is 11.8 Å². The van der Waals surface area contributed by atoms with Gasteiger partial charge in [0.2, 0.25) is 0 Å². The van der Waals surface area contributed by atoms with Gasteiger partial charge in [-0.25, -0.2) is 0 Å². The van der Waals surface area contributed by atoms with E-state index in [4.69, 9.17) is 0 Å². The summed E-state index contributed by atoms with van der Waals surface area (Å²) in [6.07, 6.45) is 9.09. The summed E-state index contributed by atoms with van der Waals surface area (Å²) < 4.78 is 0. The number of nitrogens with one attached hydrogen (secondary N) is 1. The molecule has 96 valence electrons. The molecule has 1 aliphatic rings. The maximum Gasteiger partial charge on any atom is 0.252 e. The molecule has 0 aromatic heterocycles. The molecule has 0 heterocycles. The first-order valence-corrected chi connectivity index (χ1v) is 7.63. The molecular formula is C15H19NOS. The Balaban J connectivity index is 1.97. The monoisotopic (exact) mass is 261 g/mol. The highest BCUT2D eigenvalue weighted by Crippen LogP contribution is 2.20. The Bertz CT molecular complexity index is 454. The van der Waals surface area contributed by atoms with E-state index in [1.165, 1.54) is 18.4 Å². The summed E-state index contributed by atoms with van der Waals surface area (Å²) >= 11 is 1.61. The molecule has 1 N–H and O–H groups in total. The van der Waals surface area contributed by atoms with Crippen molar-refractivity contribution in [1.29, 1.82) is 0 Å². The Morgan fingerprint density at radius 3 is 2.89 bits per heavy atom. The molecule has 3 heteroatoms. The standard InChI is InChI=1S/C15H19NOS/c1-18-14-10-6-5-9-13(14)15(17)16-11-12-7-3-2-4-8-12/h5-7,9-10H,2-4,8,11H2,1H3,(H,16,17). The molecule has 0 radical (unpaired) electrons. The van der Waals surface area contributed by atoms with E-state index in [1.54, 1.807) is 11.8 Å².